The fourth-order valence-corrected chi connectivity index (χ4v) is 3.52. The second-order valence-electron chi connectivity index (χ2n) is 6.13. The van der Waals surface area contributed by atoms with Gasteiger partial charge in [-0.15, -0.1) is 11.8 Å². The normalized spacial score (nSPS) is 15.2. The lowest BCUT2D eigenvalue weighted by atomic mass is 10.2. The zero-order chi connectivity index (χ0) is 17.6. The van der Waals surface area contributed by atoms with Crippen LogP contribution < -0.4 is 10.2 Å². The minimum Gasteiger partial charge on any atom is -0.369 e. The molecule has 0 radical (unpaired) electrons. The van der Waals surface area contributed by atoms with Gasteiger partial charge in [0.15, 0.2) is 0 Å². The number of benzene rings is 2. The Morgan fingerprint density at radius 3 is 2.32 bits per heavy atom. The average molecular weight is 376 g/mol. The zero-order valence-corrected chi connectivity index (χ0v) is 15.8. The van der Waals surface area contributed by atoms with E-state index in [9.17, 15) is 4.79 Å². The summed E-state index contributed by atoms with van der Waals surface area (Å²) in [7, 11) is 2.15. The third-order valence-electron chi connectivity index (χ3n) is 4.20. The highest BCUT2D eigenvalue weighted by molar-refractivity contribution is 8.00. The van der Waals surface area contributed by atoms with Crippen molar-refractivity contribution in [2.75, 3.05) is 49.2 Å². The van der Waals surface area contributed by atoms with Gasteiger partial charge in [-0.3, -0.25) is 4.79 Å². The summed E-state index contributed by atoms with van der Waals surface area (Å²) in [6.07, 6.45) is 0. The number of hydrogen-bond donors (Lipinski definition) is 1. The quantitative estimate of drug-likeness (QED) is 0.806. The van der Waals surface area contributed by atoms with Crippen molar-refractivity contribution in [3.8, 4) is 0 Å². The first-order chi connectivity index (χ1) is 12.1. The Bertz CT molecular complexity index is 698. The first-order valence-electron chi connectivity index (χ1n) is 8.32. The monoisotopic (exact) mass is 375 g/mol. The van der Waals surface area contributed by atoms with Gasteiger partial charge in [-0.1, -0.05) is 11.6 Å². The molecular formula is C19H22ClN3OS. The summed E-state index contributed by atoms with van der Waals surface area (Å²) in [4.78, 5) is 17.8. The van der Waals surface area contributed by atoms with Gasteiger partial charge in [0.2, 0.25) is 5.91 Å². The zero-order valence-electron chi connectivity index (χ0n) is 14.2. The lowest BCUT2D eigenvalue weighted by Gasteiger charge is -2.34. The average Bonchev–Trinajstić information content (AvgIpc) is 2.63. The first-order valence-corrected chi connectivity index (χ1v) is 9.68. The van der Waals surface area contributed by atoms with Crippen LogP contribution in [0.15, 0.2) is 53.4 Å². The van der Waals surface area contributed by atoms with E-state index in [0.717, 1.165) is 36.8 Å². The minimum atomic E-state index is -0.00713. The molecule has 0 spiro atoms. The van der Waals surface area contributed by atoms with Gasteiger partial charge in [0, 0.05) is 47.5 Å². The van der Waals surface area contributed by atoms with Crippen LogP contribution in [-0.2, 0) is 4.79 Å². The predicted molar refractivity (Wildman–Crippen MR) is 107 cm³/mol. The van der Waals surface area contributed by atoms with Crippen molar-refractivity contribution < 1.29 is 4.79 Å². The molecule has 1 amide bonds. The number of nitrogens with zero attached hydrogens (tertiary/aromatic N) is 2. The van der Waals surface area contributed by atoms with Crippen LogP contribution in [0.3, 0.4) is 0 Å². The maximum absolute atomic E-state index is 12.1. The highest BCUT2D eigenvalue weighted by Crippen LogP contribution is 2.22. The molecular weight excluding hydrogens is 354 g/mol. The van der Waals surface area contributed by atoms with E-state index in [-0.39, 0.29) is 5.91 Å². The summed E-state index contributed by atoms with van der Waals surface area (Å²) in [6.45, 7) is 4.25. The summed E-state index contributed by atoms with van der Waals surface area (Å²) in [5.41, 5.74) is 2.04. The Balaban J connectivity index is 1.49. The molecule has 1 fully saturated rings. The third-order valence-corrected chi connectivity index (χ3v) is 5.47. The number of carbonyl (C=O) groups is 1. The highest BCUT2D eigenvalue weighted by atomic mass is 35.5. The number of amides is 1. The molecule has 2 aromatic carbocycles. The molecule has 0 aromatic heterocycles. The van der Waals surface area contributed by atoms with E-state index in [1.54, 1.807) is 0 Å². The number of rotatable bonds is 5. The van der Waals surface area contributed by atoms with Crippen LogP contribution in [0.25, 0.3) is 0 Å². The van der Waals surface area contributed by atoms with Crippen LogP contribution >= 0.6 is 23.4 Å². The summed E-state index contributed by atoms with van der Waals surface area (Å²) in [5.74, 6) is 0.370. The van der Waals surface area contributed by atoms with E-state index in [1.165, 1.54) is 17.4 Å². The van der Waals surface area contributed by atoms with Crippen molar-refractivity contribution in [3.05, 3.63) is 53.6 Å². The van der Waals surface area contributed by atoms with Gasteiger partial charge < -0.3 is 15.1 Å². The molecule has 3 rings (SSSR count). The molecule has 25 heavy (non-hydrogen) atoms. The van der Waals surface area contributed by atoms with Crippen LogP contribution in [0, 0.1) is 0 Å². The first kappa shape index (κ1) is 18.1. The molecule has 1 aliphatic heterocycles. The maximum atomic E-state index is 12.1. The van der Waals surface area contributed by atoms with Gasteiger partial charge in [-0.05, 0) is 55.6 Å². The Kier molecular flexibility index (Phi) is 6.24. The standard InChI is InChI=1S/C19H22ClN3OS/c1-22-10-12-23(13-11-22)17-6-4-16(5-7-17)21-19(24)14-25-18-8-2-15(20)3-9-18/h2-9H,10-14H2,1H3,(H,21,24). The number of halogens is 1. The van der Waals surface area contributed by atoms with Crippen LogP contribution in [0.4, 0.5) is 11.4 Å². The highest BCUT2D eigenvalue weighted by Gasteiger charge is 2.14. The lowest BCUT2D eigenvalue weighted by Crippen LogP contribution is -2.44. The number of hydrogen-bond acceptors (Lipinski definition) is 4. The summed E-state index contributed by atoms with van der Waals surface area (Å²) < 4.78 is 0. The smallest absolute Gasteiger partial charge is 0.234 e. The Hall–Kier alpha value is -1.69. The van der Waals surface area contributed by atoms with E-state index in [1.807, 2.05) is 36.4 Å². The molecule has 0 atom stereocenters. The fourth-order valence-electron chi connectivity index (χ4n) is 2.70. The van der Waals surface area contributed by atoms with Gasteiger partial charge in [-0.25, -0.2) is 0 Å². The number of carbonyl (C=O) groups excluding carboxylic acids is 1. The molecule has 1 N–H and O–H groups in total. The summed E-state index contributed by atoms with van der Waals surface area (Å²) in [5, 5.41) is 3.65. The number of piperazine rings is 1. The molecule has 0 saturated carbocycles. The molecule has 132 valence electrons. The summed E-state index contributed by atoms with van der Waals surface area (Å²) in [6, 6.07) is 15.6. The number of likely N-dealkylation sites (N-methyl/N-ethyl adjacent to an activating group) is 1. The van der Waals surface area contributed by atoms with E-state index in [4.69, 9.17) is 11.6 Å². The molecule has 0 aliphatic carbocycles. The van der Waals surface area contributed by atoms with E-state index < -0.39 is 0 Å². The summed E-state index contributed by atoms with van der Waals surface area (Å²) >= 11 is 7.36. The second-order valence-corrected chi connectivity index (χ2v) is 7.61. The van der Waals surface area contributed by atoms with Gasteiger partial charge in [0.25, 0.3) is 0 Å². The van der Waals surface area contributed by atoms with Crippen LogP contribution in [0.1, 0.15) is 0 Å². The number of nitrogens with one attached hydrogen (secondary N) is 1. The minimum absolute atomic E-state index is 0.00713. The van der Waals surface area contributed by atoms with Crippen molar-refractivity contribution in [2.45, 2.75) is 4.90 Å². The Morgan fingerprint density at radius 1 is 1.04 bits per heavy atom. The topological polar surface area (TPSA) is 35.6 Å². The van der Waals surface area contributed by atoms with Crippen LogP contribution in [0.5, 0.6) is 0 Å². The Morgan fingerprint density at radius 2 is 1.68 bits per heavy atom. The van der Waals surface area contributed by atoms with E-state index >= 15 is 0 Å². The number of thioether (sulfide) groups is 1. The largest absolute Gasteiger partial charge is 0.369 e. The van der Waals surface area contributed by atoms with Gasteiger partial charge in [0.05, 0.1) is 5.75 Å². The maximum Gasteiger partial charge on any atom is 0.234 e. The molecule has 2 aromatic rings. The third kappa shape index (κ3) is 5.39. The Labute approximate surface area is 158 Å². The predicted octanol–water partition coefficient (Wildman–Crippen LogP) is 3.82. The number of anilines is 2. The van der Waals surface area contributed by atoms with E-state index in [0.29, 0.717) is 10.8 Å². The van der Waals surface area contributed by atoms with Crippen molar-refractivity contribution in [2.24, 2.45) is 0 Å². The van der Waals surface area contributed by atoms with Gasteiger partial charge >= 0.3 is 0 Å². The molecule has 1 aliphatic rings. The van der Waals surface area contributed by atoms with Gasteiger partial charge in [0.1, 0.15) is 0 Å². The van der Waals surface area contributed by atoms with Gasteiger partial charge in [-0.2, -0.15) is 0 Å². The van der Waals surface area contributed by atoms with E-state index in [2.05, 4.69) is 34.3 Å². The molecule has 4 nitrogen and oxygen atoms in total. The van der Waals surface area contributed by atoms with Crippen molar-refractivity contribution in [1.82, 2.24) is 4.90 Å². The molecule has 1 heterocycles. The second kappa shape index (κ2) is 8.61. The lowest BCUT2D eigenvalue weighted by molar-refractivity contribution is -0.113. The molecule has 1 saturated heterocycles. The van der Waals surface area contributed by atoms with Crippen LogP contribution in [0.2, 0.25) is 5.02 Å². The van der Waals surface area contributed by atoms with Crippen molar-refractivity contribution in [1.29, 1.82) is 0 Å². The van der Waals surface area contributed by atoms with Crippen LogP contribution in [-0.4, -0.2) is 49.8 Å². The van der Waals surface area contributed by atoms with Crippen molar-refractivity contribution >= 4 is 40.6 Å². The molecule has 0 unspecified atom stereocenters. The van der Waals surface area contributed by atoms with Crippen molar-refractivity contribution in [3.63, 3.8) is 0 Å². The fraction of sp³-hybridized carbons (Fsp3) is 0.316. The molecule has 6 heteroatoms. The SMILES string of the molecule is CN1CCN(c2ccc(NC(=O)CSc3ccc(Cl)cc3)cc2)CC1. The molecule has 0 bridgehead atoms.